The monoisotopic (exact) mass is 273 g/mol. The highest BCUT2D eigenvalue weighted by molar-refractivity contribution is 7.16. The Morgan fingerprint density at radius 3 is 2.89 bits per heavy atom. The summed E-state index contributed by atoms with van der Waals surface area (Å²) >= 11 is 1.51. The van der Waals surface area contributed by atoms with E-state index in [2.05, 4.69) is 10.5 Å². The Morgan fingerprint density at radius 2 is 2.16 bits per heavy atom. The maximum atomic E-state index is 11.7. The lowest BCUT2D eigenvalue weighted by atomic mass is 10.3. The number of rotatable bonds is 2. The van der Waals surface area contributed by atoms with Crippen molar-refractivity contribution < 1.29 is 9.21 Å². The lowest BCUT2D eigenvalue weighted by Gasteiger charge is -1.95. The third-order valence-electron chi connectivity index (χ3n) is 2.71. The third-order valence-corrected chi connectivity index (χ3v) is 3.83. The predicted octanol–water partition coefficient (Wildman–Crippen LogP) is 2.08. The fourth-order valence-electron chi connectivity index (χ4n) is 1.75. The summed E-state index contributed by atoms with van der Waals surface area (Å²) in [5.41, 5.74) is 3.57. The van der Waals surface area contributed by atoms with Gasteiger partial charge in [0, 0.05) is 7.05 Å². The minimum atomic E-state index is -0.359. The van der Waals surface area contributed by atoms with Crippen LogP contribution in [0.5, 0.6) is 0 Å². The molecule has 0 aliphatic heterocycles. The largest absolute Gasteiger partial charge is 0.459 e. The second kappa shape index (κ2) is 4.74. The van der Waals surface area contributed by atoms with Crippen LogP contribution in [-0.4, -0.2) is 10.5 Å². The molecular formula is C13H11N3O2S. The fourth-order valence-corrected chi connectivity index (χ4v) is 2.73. The molecule has 2 aromatic heterocycles. The molecule has 0 saturated heterocycles. The van der Waals surface area contributed by atoms with Gasteiger partial charge in [-0.25, -0.2) is 5.43 Å². The average Bonchev–Trinajstić information content (AvgIpc) is 3.05. The van der Waals surface area contributed by atoms with Crippen LogP contribution in [0.1, 0.15) is 10.6 Å². The van der Waals surface area contributed by atoms with E-state index in [-0.39, 0.29) is 11.7 Å². The summed E-state index contributed by atoms with van der Waals surface area (Å²) < 4.78 is 8.05. The molecule has 96 valence electrons. The van der Waals surface area contributed by atoms with Crippen molar-refractivity contribution in [1.29, 1.82) is 0 Å². The van der Waals surface area contributed by atoms with Crippen molar-refractivity contribution in [2.24, 2.45) is 12.1 Å². The zero-order chi connectivity index (χ0) is 13.2. The maximum absolute atomic E-state index is 11.7. The van der Waals surface area contributed by atoms with E-state index >= 15 is 0 Å². The minimum Gasteiger partial charge on any atom is -0.459 e. The summed E-state index contributed by atoms with van der Waals surface area (Å²) in [4.78, 5) is 12.4. The molecule has 19 heavy (non-hydrogen) atoms. The number of nitrogens with zero attached hydrogens (tertiary/aromatic N) is 2. The lowest BCUT2D eigenvalue weighted by molar-refractivity contribution is 0.0925. The molecule has 3 aromatic rings. The summed E-state index contributed by atoms with van der Waals surface area (Å²) in [7, 11) is 1.91. The quantitative estimate of drug-likeness (QED) is 0.727. The molecule has 6 heteroatoms. The van der Waals surface area contributed by atoms with E-state index < -0.39 is 0 Å². The van der Waals surface area contributed by atoms with Crippen LogP contribution in [0.2, 0.25) is 0 Å². The van der Waals surface area contributed by atoms with Gasteiger partial charge in [0.05, 0.1) is 16.5 Å². The molecule has 0 fully saturated rings. The van der Waals surface area contributed by atoms with Crippen molar-refractivity contribution in [3.8, 4) is 0 Å². The van der Waals surface area contributed by atoms with Crippen LogP contribution in [0, 0.1) is 0 Å². The van der Waals surface area contributed by atoms with E-state index in [4.69, 9.17) is 4.42 Å². The average molecular weight is 273 g/mol. The van der Waals surface area contributed by atoms with E-state index in [0.717, 1.165) is 15.0 Å². The van der Waals surface area contributed by atoms with Gasteiger partial charge in [0.1, 0.15) is 0 Å². The van der Waals surface area contributed by atoms with Crippen LogP contribution >= 0.6 is 11.3 Å². The zero-order valence-electron chi connectivity index (χ0n) is 10.2. The number of fused-ring (bicyclic) bond motifs is 1. The Kier molecular flexibility index (Phi) is 2.92. The van der Waals surface area contributed by atoms with E-state index in [9.17, 15) is 4.79 Å². The number of aromatic nitrogens is 1. The summed E-state index contributed by atoms with van der Waals surface area (Å²) in [5, 5.41) is 4.12. The first-order valence-corrected chi connectivity index (χ1v) is 6.49. The highest BCUT2D eigenvalue weighted by Crippen LogP contribution is 2.14. The number of aryl methyl sites for hydroxylation is 1. The van der Waals surface area contributed by atoms with Crippen LogP contribution in [0.4, 0.5) is 0 Å². The van der Waals surface area contributed by atoms with Gasteiger partial charge in [0.25, 0.3) is 0 Å². The summed E-state index contributed by atoms with van der Waals surface area (Å²) in [5.74, 6) is -0.116. The fraction of sp³-hybridized carbons (Fsp3) is 0.0769. The highest BCUT2D eigenvalue weighted by atomic mass is 32.1. The molecule has 1 amide bonds. The molecule has 0 atom stereocenters. The van der Waals surface area contributed by atoms with Gasteiger partial charge in [-0.15, -0.1) is 5.10 Å². The third kappa shape index (κ3) is 2.17. The number of hydrogen-bond acceptors (Lipinski definition) is 4. The second-order valence-corrected chi connectivity index (χ2v) is 4.95. The Labute approximate surface area is 112 Å². The summed E-state index contributed by atoms with van der Waals surface area (Å²) in [6.45, 7) is 0. The number of thiazole rings is 1. The molecule has 0 unspecified atom stereocenters. The molecular weight excluding hydrogens is 262 g/mol. The van der Waals surface area contributed by atoms with Gasteiger partial charge in [0.2, 0.25) is 4.80 Å². The molecule has 0 aliphatic rings. The number of carbonyl (C=O) groups excluding carboxylic acids is 1. The van der Waals surface area contributed by atoms with Crippen molar-refractivity contribution in [2.45, 2.75) is 0 Å². The Morgan fingerprint density at radius 1 is 1.32 bits per heavy atom. The van der Waals surface area contributed by atoms with Crippen molar-refractivity contribution in [3.05, 3.63) is 53.2 Å². The van der Waals surface area contributed by atoms with E-state index in [0.29, 0.717) is 0 Å². The van der Waals surface area contributed by atoms with Gasteiger partial charge < -0.3 is 8.98 Å². The molecule has 0 aliphatic carbocycles. The molecule has 0 bridgehead atoms. The number of nitrogens with one attached hydrogen (secondary N) is 1. The standard InChI is InChI=1S/C13H11N3O2S/c1-16-9-5-2-3-7-11(9)19-13(16)15-14-12(17)10-6-4-8-18-10/h2-8H,1H3,(H,14,17)/b15-13-. The van der Waals surface area contributed by atoms with Crippen molar-refractivity contribution in [3.63, 3.8) is 0 Å². The van der Waals surface area contributed by atoms with Gasteiger partial charge in [-0.2, -0.15) is 0 Å². The number of furan rings is 1. The maximum Gasteiger partial charge on any atom is 0.307 e. The predicted molar refractivity (Wildman–Crippen MR) is 72.5 cm³/mol. The number of para-hydroxylation sites is 1. The topological polar surface area (TPSA) is 59.5 Å². The molecule has 2 heterocycles. The van der Waals surface area contributed by atoms with Crippen LogP contribution in [-0.2, 0) is 7.05 Å². The Bertz CT molecular complexity index is 784. The Balaban J connectivity index is 1.94. The van der Waals surface area contributed by atoms with E-state index in [1.165, 1.54) is 17.6 Å². The normalized spacial score (nSPS) is 11.9. The highest BCUT2D eigenvalue weighted by Gasteiger charge is 2.07. The smallest absolute Gasteiger partial charge is 0.307 e. The van der Waals surface area contributed by atoms with Gasteiger partial charge >= 0.3 is 5.91 Å². The van der Waals surface area contributed by atoms with E-state index in [1.807, 2.05) is 35.9 Å². The first kappa shape index (κ1) is 11.7. The second-order valence-electron chi connectivity index (χ2n) is 3.94. The van der Waals surface area contributed by atoms with E-state index in [1.54, 1.807) is 12.1 Å². The molecule has 0 spiro atoms. The number of carbonyl (C=O) groups is 1. The van der Waals surface area contributed by atoms with Crippen LogP contribution < -0.4 is 10.2 Å². The van der Waals surface area contributed by atoms with Crippen molar-refractivity contribution in [1.82, 2.24) is 9.99 Å². The van der Waals surface area contributed by atoms with Crippen LogP contribution in [0.3, 0.4) is 0 Å². The molecule has 0 radical (unpaired) electrons. The molecule has 0 saturated carbocycles. The van der Waals surface area contributed by atoms with Crippen LogP contribution in [0.25, 0.3) is 10.2 Å². The molecule has 3 rings (SSSR count). The molecule has 1 N–H and O–H groups in total. The Hall–Kier alpha value is -2.34. The van der Waals surface area contributed by atoms with Gasteiger partial charge in [-0.3, -0.25) is 4.79 Å². The van der Waals surface area contributed by atoms with Gasteiger partial charge in [0.15, 0.2) is 5.76 Å². The SMILES string of the molecule is Cn1/c(=N/NC(=O)c2ccco2)sc2ccccc21. The van der Waals surface area contributed by atoms with Crippen LogP contribution in [0.15, 0.2) is 52.2 Å². The summed E-state index contributed by atoms with van der Waals surface area (Å²) in [6.07, 6.45) is 1.45. The van der Waals surface area contributed by atoms with Gasteiger partial charge in [-0.1, -0.05) is 23.5 Å². The molecule has 1 aromatic carbocycles. The summed E-state index contributed by atoms with van der Waals surface area (Å²) in [6, 6.07) is 11.2. The first-order chi connectivity index (χ1) is 9.25. The first-order valence-electron chi connectivity index (χ1n) is 5.68. The van der Waals surface area contributed by atoms with Gasteiger partial charge in [-0.05, 0) is 24.3 Å². The lowest BCUT2D eigenvalue weighted by Crippen LogP contribution is -2.22. The molecule has 5 nitrogen and oxygen atoms in total. The number of benzene rings is 1. The number of hydrogen-bond donors (Lipinski definition) is 1. The van der Waals surface area contributed by atoms with Crippen molar-refractivity contribution >= 4 is 27.5 Å². The zero-order valence-corrected chi connectivity index (χ0v) is 11.0. The minimum absolute atomic E-state index is 0.243. The number of amides is 1. The van der Waals surface area contributed by atoms with Crippen molar-refractivity contribution in [2.75, 3.05) is 0 Å².